The first kappa shape index (κ1) is 18.2. The van der Waals surface area contributed by atoms with E-state index in [0.29, 0.717) is 17.9 Å². The summed E-state index contributed by atoms with van der Waals surface area (Å²) < 4.78 is 35.1. The van der Waals surface area contributed by atoms with E-state index in [0.717, 1.165) is 11.3 Å². The van der Waals surface area contributed by atoms with Gasteiger partial charge in [-0.1, -0.05) is 36.4 Å². The maximum absolute atomic E-state index is 12.1. The zero-order chi connectivity index (χ0) is 17.4. The van der Waals surface area contributed by atoms with Crippen LogP contribution < -0.4 is 4.74 Å². The monoisotopic (exact) mass is 346 g/mol. The predicted molar refractivity (Wildman–Crippen MR) is 94.6 cm³/mol. The van der Waals surface area contributed by atoms with Gasteiger partial charge in [0.05, 0.1) is 24.7 Å². The molecule has 128 valence electrons. The lowest BCUT2D eigenvalue weighted by Gasteiger charge is -2.11. The predicted octanol–water partition coefficient (Wildman–Crippen LogP) is 3.98. The fourth-order valence-electron chi connectivity index (χ4n) is 2.09. The average Bonchev–Trinajstić information content (AvgIpc) is 2.61. The SMILES string of the molecule is COc1ccc(CO[C@H](C)C/C=C/S(=O)(=O)c2ccccc2)cc1. The van der Waals surface area contributed by atoms with Crippen molar-refractivity contribution in [1.82, 2.24) is 0 Å². The summed E-state index contributed by atoms with van der Waals surface area (Å²) in [4.78, 5) is 0.299. The Morgan fingerprint density at radius 3 is 2.33 bits per heavy atom. The summed E-state index contributed by atoms with van der Waals surface area (Å²) >= 11 is 0. The number of rotatable bonds is 8. The molecule has 0 radical (unpaired) electrons. The molecule has 2 rings (SSSR count). The van der Waals surface area contributed by atoms with Crippen molar-refractivity contribution in [2.75, 3.05) is 7.11 Å². The molecule has 0 amide bonds. The molecule has 0 fully saturated rings. The van der Waals surface area contributed by atoms with Crippen LogP contribution in [-0.4, -0.2) is 21.6 Å². The van der Waals surface area contributed by atoms with E-state index in [1.165, 1.54) is 5.41 Å². The highest BCUT2D eigenvalue weighted by Crippen LogP contribution is 2.14. The molecule has 0 N–H and O–H groups in total. The van der Waals surface area contributed by atoms with Gasteiger partial charge in [-0.15, -0.1) is 0 Å². The highest BCUT2D eigenvalue weighted by molar-refractivity contribution is 7.94. The molecule has 0 aliphatic carbocycles. The van der Waals surface area contributed by atoms with E-state index in [4.69, 9.17) is 9.47 Å². The molecule has 1 atom stereocenters. The van der Waals surface area contributed by atoms with Crippen LogP contribution in [0, 0.1) is 0 Å². The molecule has 2 aromatic carbocycles. The van der Waals surface area contributed by atoms with Crippen molar-refractivity contribution in [2.24, 2.45) is 0 Å². The molecular formula is C19H22O4S. The van der Waals surface area contributed by atoms with Crippen molar-refractivity contribution >= 4 is 9.84 Å². The minimum Gasteiger partial charge on any atom is -0.497 e. The molecule has 5 heteroatoms. The first-order chi connectivity index (χ1) is 11.5. The summed E-state index contributed by atoms with van der Waals surface area (Å²) in [6.45, 7) is 2.40. The maximum atomic E-state index is 12.1. The molecular weight excluding hydrogens is 324 g/mol. The van der Waals surface area contributed by atoms with Crippen LogP contribution in [-0.2, 0) is 21.2 Å². The number of sulfone groups is 1. The molecule has 0 aromatic heterocycles. The lowest BCUT2D eigenvalue weighted by Crippen LogP contribution is -2.07. The Morgan fingerprint density at radius 2 is 1.71 bits per heavy atom. The van der Waals surface area contributed by atoms with Crippen molar-refractivity contribution in [2.45, 2.75) is 31.0 Å². The molecule has 0 saturated heterocycles. The van der Waals surface area contributed by atoms with Gasteiger partial charge in [-0.05, 0) is 43.2 Å². The van der Waals surface area contributed by atoms with Gasteiger partial charge in [0.2, 0.25) is 0 Å². The van der Waals surface area contributed by atoms with Gasteiger partial charge in [0.15, 0.2) is 9.84 Å². The van der Waals surface area contributed by atoms with E-state index < -0.39 is 9.84 Å². The van der Waals surface area contributed by atoms with Gasteiger partial charge >= 0.3 is 0 Å². The van der Waals surface area contributed by atoms with Crippen molar-refractivity contribution < 1.29 is 17.9 Å². The molecule has 0 unspecified atom stereocenters. The largest absolute Gasteiger partial charge is 0.497 e. The number of hydrogen-bond donors (Lipinski definition) is 0. The van der Waals surface area contributed by atoms with Gasteiger partial charge in [0, 0.05) is 5.41 Å². The van der Waals surface area contributed by atoms with Crippen LogP contribution in [0.4, 0.5) is 0 Å². The number of benzene rings is 2. The van der Waals surface area contributed by atoms with Crippen molar-refractivity contribution in [3.05, 3.63) is 71.6 Å². The van der Waals surface area contributed by atoms with Crippen LogP contribution >= 0.6 is 0 Å². The van der Waals surface area contributed by atoms with Gasteiger partial charge in [-0.25, -0.2) is 8.42 Å². The van der Waals surface area contributed by atoms with Crippen molar-refractivity contribution in [1.29, 1.82) is 0 Å². The second-order valence-electron chi connectivity index (χ2n) is 5.44. The average molecular weight is 346 g/mol. The fraction of sp³-hybridized carbons (Fsp3) is 0.263. The quantitative estimate of drug-likeness (QED) is 0.725. The zero-order valence-corrected chi connectivity index (χ0v) is 14.7. The minimum absolute atomic E-state index is 0.0747. The summed E-state index contributed by atoms with van der Waals surface area (Å²) in [6.07, 6.45) is 2.10. The van der Waals surface area contributed by atoms with Gasteiger partial charge in [0.1, 0.15) is 5.75 Å². The highest BCUT2D eigenvalue weighted by Gasteiger charge is 2.09. The number of ether oxygens (including phenoxy) is 2. The van der Waals surface area contributed by atoms with Gasteiger partial charge in [0.25, 0.3) is 0 Å². The van der Waals surface area contributed by atoms with Gasteiger partial charge in [-0.2, -0.15) is 0 Å². The van der Waals surface area contributed by atoms with E-state index >= 15 is 0 Å². The molecule has 0 aliphatic heterocycles. The minimum atomic E-state index is -3.38. The summed E-state index contributed by atoms with van der Waals surface area (Å²) in [6, 6.07) is 16.0. The van der Waals surface area contributed by atoms with Crippen LogP contribution in [0.2, 0.25) is 0 Å². The third-order valence-electron chi connectivity index (χ3n) is 3.51. The molecule has 0 spiro atoms. The Balaban J connectivity index is 1.83. The molecule has 0 heterocycles. The molecule has 24 heavy (non-hydrogen) atoms. The Kier molecular flexibility index (Phi) is 6.58. The molecule has 0 saturated carbocycles. The zero-order valence-electron chi connectivity index (χ0n) is 13.9. The topological polar surface area (TPSA) is 52.6 Å². The molecule has 2 aromatic rings. The Morgan fingerprint density at radius 1 is 1.04 bits per heavy atom. The third kappa shape index (κ3) is 5.51. The standard InChI is InChI=1S/C19H22O4S/c1-16(23-15-17-10-12-18(22-2)13-11-17)7-6-14-24(20,21)19-8-4-3-5-9-19/h3-6,8-14,16H,7,15H2,1-2H3/b14-6+/t16-/m1/s1. The number of hydrogen-bond acceptors (Lipinski definition) is 4. The van der Waals surface area contributed by atoms with Crippen molar-refractivity contribution in [3.8, 4) is 5.75 Å². The van der Waals surface area contributed by atoms with Crippen LogP contribution in [0.5, 0.6) is 5.75 Å². The highest BCUT2D eigenvalue weighted by atomic mass is 32.2. The van der Waals surface area contributed by atoms with E-state index in [-0.39, 0.29) is 6.10 Å². The fourth-order valence-corrected chi connectivity index (χ4v) is 3.15. The first-order valence-corrected chi connectivity index (χ1v) is 9.27. The Labute approximate surface area is 143 Å². The first-order valence-electron chi connectivity index (χ1n) is 7.72. The second kappa shape index (κ2) is 8.66. The molecule has 0 bridgehead atoms. The Bertz CT molecular complexity index is 750. The lowest BCUT2D eigenvalue weighted by atomic mass is 10.2. The van der Waals surface area contributed by atoms with E-state index in [1.807, 2.05) is 31.2 Å². The summed E-state index contributed by atoms with van der Waals surface area (Å²) in [5, 5.41) is 1.25. The van der Waals surface area contributed by atoms with E-state index in [1.54, 1.807) is 43.5 Å². The van der Waals surface area contributed by atoms with Crippen LogP contribution in [0.3, 0.4) is 0 Å². The van der Waals surface area contributed by atoms with Crippen molar-refractivity contribution in [3.63, 3.8) is 0 Å². The molecule has 0 aliphatic rings. The summed E-state index contributed by atoms with van der Waals surface area (Å²) in [5.41, 5.74) is 1.04. The van der Waals surface area contributed by atoms with Gasteiger partial charge < -0.3 is 9.47 Å². The maximum Gasteiger partial charge on any atom is 0.199 e. The normalized spacial score (nSPS) is 13.1. The smallest absolute Gasteiger partial charge is 0.199 e. The summed E-state index contributed by atoms with van der Waals surface area (Å²) in [7, 11) is -1.75. The van der Waals surface area contributed by atoms with Crippen LogP contribution in [0.15, 0.2) is 71.0 Å². The van der Waals surface area contributed by atoms with Crippen LogP contribution in [0.1, 0.15) is 18.9 Å². The van der Waals surface area contributed by atoms with E-state index in [9.17, 15) is 8.42 Å². The Hall–Kier alpha value is -2.11. The second-order valence-corrected chi connectivity index (χ2v) is 7.27. The lowest BCUT2D eigenvalue weighted by molar-refractivity contribution is 0.0552. The van der Waals surface area contributed by atoms with Crippen LogP contribution in [0.25, 0.3) is 0 Å². The number of methoxy groups -OCH3 is 1. The summed E-state index contributed by atoms with van der Waals surface area (Å²) in [5.74, 6) is 0.806. The van der Waals surface area contributed by atoms with E-state index in [2.05, 4.69) is 0 Å². The van der Waals surface area contributed by atoms with Gasteiger partial charge in [-0.3, -0.25) is 0 Å². The molecule has 4 nitrogen and oxygen atoms in total. The third-order valence-corrected chi connectivity index (χ3v) is 4.99.